The standard InChI is InChI=1S/C11H14BrN3S/c12-8-2-1-3-9(10(8)11(13)14)15-4-6-16-7-5-15/h1-3H,4-7H2,(H3,13,14). The van der Waals surface area contributed by atoms with Gasteiger partial charge in [-0.15, -0.1) is 0 Å². The normalized spacial score (nSPS) is 16.2. The van der Waals surface area contributed by atoms with E-state index in [4.69, 9.17) is 11.1 Å². The Morgan fingerprint density at radius 3 is 2.69 bits per heavy atom. The van der Waals surface area contributed by atoms with Crippen LogP contribution in [-0.4, -0.2) is 30.4 Å². The summed E-state index contributed by atoms with van der Waals surface area (Å²) < 4.78 is 0.899. The van der Waals surface area contributed by atoms with Crippen LogP contribution in [0.3, 0.4) is 0 Å². The summed E-state index contributed by atoms with van der Waals surface area (Å²) in [6.07, 6.45) is 0. The lowest BCUT2D eigenvalue weighted by atomic mass is 10.1. The molecule has 0 atom stereocenters. The summed E-state index contributed by atoms with van der Waals surface area (Å²) in [6, 6.07) is 5.96. The van der Waals surface area contributed by atoms with Gasteiger partial charge in [-0.1, -0.05) is 6.07 Å². The van der Waals surface area contributed by atoms with Crippen molar-refractivity contribution in [3.8, 4) is 0 Å². The highest BCUT2D eigenvalue weighted by Gasteiger charge is 2.17. The number of hydrogen-bond acceptors (Lipinski definition) is 3. The number of nitrogens with two attached hydrogens (primary N) is 1. The van der Waals surface area contributed by atoms with Crippen molar-refractivity contribution in [2.24, 2.45) is 5.73 Å². The van der Waals surface area contributed by atoms with Crippen LogP contribution in [0, 0.1) is 5.41 Å². The van der Waals surface area contributed by atoms with Crippen LogP contribution in [0.4, 0.5) is 5.69 Å². The highest BCUT2D eigenvalue weighted by Crippen LogP contribution is 2.29. The maximum absolute atomic E-state index is 7.65. The van der Waals surface area contributed by atoms with Crippen molar-refractivity contribution in [3.05, 3.63) is 28.2 Å². The monoisotopic (exact) mass is 299 g/mol. The molecule has 0 bridgehead atoms. The third-order valence-corrected chi connectivity index (χ3v) is 4.22. The Morgan fingerprint density at radius 1 is 1.38 bits per heavy atom. The summed E-state index contributed by atoms with van der Waals surface area (Å²) in [5.41, 5.74) is 7.53. The molecule has 0 amide bonds. The molecule has 0 unspecified atom stereocenters. The van der Waals surface area contributed by atoms with Gasteiger partial charge in [-0.05, 0) is 28.1 Å². The van der Waals surface area contributed by atoms with Crippen LogP contribution in [-0.2, 0) is 0 Å². The van der Waals surface area contributed by atoms with E-state index in [1.54, 1.807) is 0 Å². The Hall–Kier alpha value is -0.680. The molecular weight excluding hydrogens is 286 g/mol. The molecule has 0 aromatic heterocycles. The first-order valence-electron chi connectivity index (χ1n) is 5.16. The van der Waals surface area contributed by atoms with E-state index >= 15 is 0 Å². The van der Waals surface area contributed by atoms with E-state index in [2.05, 4.69) is 20.8 Å². The Morgan fingerprint density at radius 2 is 2.06 bits per heavy atom. The molecule has 1 fully saturated rings. The van der Waals surface area contributed by atoms with Crippen LogP contribution >= 0.6 is 27.7 Å². The number of benzene rings is 1. The van der Waals surface area contributed by atoms with Crippen molar-refractivity contribution in [1.29, 1.82) is 5.41 Å². The van der Waals surface area contributed by atoms with E-state index in [9.17, 15) is 0 Å². The fourth-order valence-corrected chi connectivity index (χ4v) is 3.32. The Labute approximate surface area is 108 Å². The molecule has 0 aliphatic carbocycles. The zero-order chi connectivity index (χ0) is 11.5. The molecule has 1 saturated heterocycles. The lowest BCUT2D eigenvalue weighted by Gasteiger charge is -2.30. The van der Waals surface area contributed by atoms with E-state index in [1.807, 2.05) is 30.0 Å². The van der Waals surface area contributed by atoms with Crippen LogP contribution in [0.1, 0.15) is 5.56 Å². The first kappa shape index (κ1) is 11.8. The van der Waals surface area contributed by atoms with E-state index in [1.165, 1.54) is 0 Å². The lowest BCUT2D eigenvalue weighted by Crippen LogP contribution is -2.34. The largest absolute Gasteiger partial charge is 0.384 e. The smallest absolute Gasteiger partial charge is 0.126 e. The van der Waals surface area contributed by atoms with Gasteiger partial charge in [-0.3, -0.25) is 5.41 Å². The molecule has 86 valence electrons. The zero-order valence-corrected chi connectivity index (χ0v) is 11.3. The summed E-state index contributed by atoms with van der Waals surface area (Å²) in [7, 11) is 0. The second-order valence-corrected chi connectivity index (χ2v) is 5.73. The molecule has 5 heteroatoms. The Kier molecular flexibility index (Phi) is 3.76. The molecule has 0 radical (unpaired) electrons. The number of nitrogen functional groups attached to an aromatic ring is 1. The summed E-state index contributed by atoms with van der Waals surface area (Å²) in [5, 5.41) is 7.65. The molecule has 2 rings (SSSR count). The molecule has 0 saturated carbocycles. The van der Waals surface area contributed by atoms with E-state index < -0.39 is 0 Å². The number of rotatable bonds is 2. The van der Waals surface area contributed by atoms with Crippen LogP contribution in [0.2, 0.25) is 0 Å². The molecule has 3 nitrogen and oxygen atoms in total. The van der Waals surface area contributed by atoms with Crippen LogP contribution in [0.15, 0.2) is 22.7 Å². The van der Waals surface area contributed by atoms with Crippen molar-refractivity contribution in [1.82, 2.24) is 0 Å². The first-order chi connectivity index (χ1) is 7.70. The minimum Gasteiger partial charge on any atom is -0.384 e. The molecule has 1 heterocycles. The third-order valence-electron chi connectivity index (χ3n) is 2.61. The Bertz CT molecular complexity index is 402. The van der Waals surface area contributed by atoms with Gasteiger partial charge in [0.15, 0.2) is 0 Å². The molecule has 1 aromatic rings. The predicted molar refractivity (Wildman–Crippen MR) is 74.7 cm³/mol. The second-order valence-electron chi connectivity index (χ2n) is 3.65. The van der Waals surface area contributed by atoms with Gasteiger partial charge in [0, 0.05) is 34.8 Å². The fourth-order valence-electron chi connectivity index (χ4n) is 1.85. The highest BCUT2D eigenvalue weighted by molar-refractivity contribution is 9.10. The van der Waals surface area contributed by atoms with Gasteiger partial charge < -0.3 is 10.6 Å². The molecule has 0 spiro atoms. The van der Waals surface area contributed by atoms with Crippen molar-refractivity contribution in [3.63, 3.8) is 0 Å². The molecule has 3 N–H and O–H groups in total. The number of nitrogens with one attached hydrogen (secondary N) is 1. The first-order valence-corrected chi connectivity index (χ1v) is 7.10. The van der Waals surface area contributed by atoms with E-state index in [0.29, 0.717) is 0 Å². The summed E-state index contributed by atoms with van der Waals surface area (Å²) in [5.74, 6) is 2.41. The minimum atomic E-state index is 0.126. The van der Waals surface area contributed by atoms with Crippen LogP contribution in [0.5, 0.6) is 0 Å². The topological polar surface area (TPSA) is 53.1 Å². The van der Waals surface area contributed by atoms with Crippen molar-refractivity contribution < 1.29 is 0 Å². The van der Waals surface area contributed by atoms with Gasteiger partial charge in [-0.25, -0.2) is 0 Å². The molecule has 1 aromatic carbocycles. The number of halogens is 1. The van der Waals surface area contributed by atoms with Gasteiger partial charge in [-0.2, -0.15) is 11.8 Å². The summed E-state index contributed by atoms with van der Waals surface area (Å²) in [6.45, 7) is 2.06. The van der Waals surface area contributed by atoms with Gasteiger partial charge in [0.25, 0.3) is 0 Å². The molecule has 1 aliphatic rings. The number of thioether (sulfide) groups is 1. The summed E-state index contributed by atoms with van der Waals surface area (Å²) in [4.78, 5) is 2.30. The quantitative estimate of drug-likeness (QED) is 0.651. The average Bonchev–Trinajstić information content (AvgIpc) is 2.29. The van der Waals surface area contributed by atoms with Gasteiger partial charge in [0.1, 0.15) is 5.84 Å². The fraction of sp³-hybridized carbons (Fsp3) is 0.364. The second kappa shape index (κ2) is 5.10. The zero-order valence-electron chi connectivity index (χ0n) is 8.87. The maximum atomic E-state index is 7.65. The van der Waals surface area contributed by atoms with Crippen molar-refractivity contribution in [2.75, 3.05) is 29.5 Å². The van der Waals surface area contributed by atoms with Crippen LogP contribution in [0.25, 0.3) is 0 Å². The predicted octanol–water partition coefficient (Wildman–Crippen LogP) is 2.29. The molecular formula is C11H14BrN3S. The van der Waals surface area contributed by atoms with E-state index in [0.717, 1.165) is 40.3 Å². The van der Waals surface area contributed by atoms with Gasteiger partial charge >= 0.3 is 0 Å². The number of anilines is 1. The van der Waals surface area contributed by atoms with Crippen LogP contribution < -0.4 is 10.6 Å². The third kappa shape index (κ3) is 2.35. The summed E-state index contributed by atoms with van der Waals surface area (Å²) >= 11 is 5.44. The number of amidine groups is 1. The lowest BCUT2D eigenvalue weighted by molar-refractivity contribution is 0.857. The Balaban J connectivity index is 2.38. The molecule has 1 aliphatic heterocycles. The van der Waals surface area contributed by atoms with Gasteiger partial charge in [0.05, 0.1) is 5.56 Å². The minimum absolute atomic E-state index is 0.126. The van der Waals surface area contributed by atoms with E-state index in [-0.39, 0.29) is 5.84 Å². The highest BCUT2D eigenvalue weighted by atomic mass is 79.9. The average molecular weight is 300 g/mol. The van der Waals surface area contributed by atoms with Crippen molar-refractivity contribution >= 4 is 39.2 Å². The SMILES string of the molecule is N=C(N)c1c(Br)cccc1N1CCSCC1. The number of nitrogens with zero attached hydrogens (tertiary/aromatic N) is 1. The number of hydrogen-bond donors (Lipinski definition) is 2. The maximum Gasteiger partial charge on any atom is 0.126 e. The molecule has 16 heavy (non-hydrogen) atoms. The van der Waals surface area contributed by atoms with Gasteiger partial charge in [0.2, 0.25) is 0 Å². The van der Waals surface area contributed by atoms with Crippen molar-refractivity contribution in [2.45, 2.75) is 0 Å².